The number of hydrogen-bond donors (Lipinski definition) is 2. The molecule has 10 nitrogen and oxygen atoms in total. The summed E-state index contributed by atoms with van der Waals surface area (Å²) < 4.78 is 59.9. The Morgan fingerprint density at radius 1 is 1.22 bits per heavy atom. The van der Waals surface area contributed by atoms with Crippen LogP contribution in [0.1, 0.15) is 50.3 Å². The summed E-state index contributed by atoms with van der Waals surface area (Å²) in [5, 5.41) is 10.3. The number of nitriles is 1. The minimum Gasteiger partial charge on any atom is -0.486 e. The van der Waals surface area contributed by atoms with Gasteiger partial charge in [0.15, 0.2) is 11.6 Å². The zero-order valence-electron chi connectivity index (χ0n) is 27.1. The van der Waals surface area contributed by atoms with Crippen molar-refractivity contribution >= 4 is 60.6 Å². The number of aromatic nitrogens is 3. The van der Waals surface area contributed by atoms with Gasteiger partial charge in [0.25, 0.3) is 0 Å². The number of thiophene rings is 1. The van der Waals surface area contributed by atoms with Crippen molar-refractivity contribution in [3.05, 3.63) is 58.2 Å². The van der Waals surface area contributed by atoms with E-state index in [9.17, 15) is 9.65 Å². The number of ether oxygens (including phenoxy) is 2. The molecule has 0 aliphatic carbocycles. The van der Waals surface area contributed by atoms with Crippen LogP contribution in [0.5, 0.6) is 11.8 Å². The van der Waals surface area contributed by atoms with Crippen molar-refractivity contribution in [2.24, 2.45) is 0 Å². The lowest BCUT2D eigenvalue weighted by molar-refractivity contribution is 0.107. The number of nitrogens with two attached hydrogens (primary N) is 2. The maximum atomic E-state index is 17.3. The second-order valence-corrected chi connectivity index (χ2v) is 14.7. The van der Waals surface area contributed by atoms with Crippen LogP contribution in [-0.4, -0.2) is 63.9 Å². The van der Waals surface area contributed by atoms with Crippen LogP contribution in [0.4, 0.5) is 29.8 Å². The van der Waals surface area contributed by atoms with Gasteiger partial charge in [-0.2, -0.15) is 15.2 Å². The number of pyridine rings is 1. The van der Waals surface area contributed by atoms with Crippen molar-refractivity contribution in [3.8, 4) is 29.0 Å². The molecule has 2 saturated heterocycles. The summed E-state index contributed by atoms with van der Waals surface area (Å²) in [6.45, 7) is 5.28. The quantitative estimate of drug-likeness (QED) is 0.185. The van der Waals surface area contributed by atoms with Crippen LogP contribution >= 0.6 is 22.9 Å². The predicted molar refractivity (Wildman–Crippen MR) is 187 cm³/mol. The Morgan fingerprint density at radius 3 is 2.82 bits per heavy atom. The number of benzene rings is 2. The molecule has 4 N–H and O–H groups in total. The standard InChI is InChI=1S/C35H32ClF3N8O2S/c1-16-13-47(17(2)19-5-3-9-43-31(19)41)33-25-28(44-34(45-33)48-15-35-8-4-10-46(35)14-18(37)11-35)27(39)24(26(36)29(25)49-16)20-6-7-22(38)30-23(20)21(12-40)32(42)50-30/h3,5-7,9,16-18H,4,8,10-11,13-15,42H2,1-2H3,(H2,41,43)/t16-,17+,18+,35-/m0/s1. The van der Waals surface area contributed by atoms with Gasteiger partial charge in [0.1, 0.15) is 52.9 Å². The van der Waals surface area contributed by atoms with Crippen molar-refractivity contribution in [2.75, 3.05) is 42.6 Å². The molecule has 0 saturated carbocycles. The second-order valence-electron chi connectivity index (χ2n) is 13.2. The van der Waals surface area contributed by atoms with E-state index < -0.39 is 35.5 Å². The van der Waals surface area contributed by atoms with Gasteiger partial charge < -0.3 is 25.8 Å². The highest BCUT2D eigenvalue weighted by Gasteiger charge is 2.49. The fraction of sp³-hybridized carbons (Fsp3) is 0.371. The molecule has 8 rings (SSSR count). The van der Waals surface area contributed by atoms with E-state index in [0.717, 1.165) is 30.7 Å². The van der Waals surface area contributed by atoms with Gasteiger partial charge in [-0.1, -0.05) is 23.7 Å². The van der Waals surface area contributed by atoms with E-state index in [1.54, 1.807) is 12.3 Å². The van der Waals surface area contributed by atoms with E-state index in [2.05, 4.69) is 14.9 Å². The molecular formula is C35H32ClF3N8O2S. The number of fused-ring (bicyclic) bond motifs is 2. The minimum atomic E-state index is -0.970. The predicted octanol–water partition coefficient (Wildman–Crippen LogP) is 7.18. The monoisotopic (exact) mass is 720 g/mol. The van der Waals surface area contributed by atoms with Crippen molar-refractivity contribution in [2.45, 2.75) is 57.0 Å². The summed E-state index contributed by atoms with van der Waals surface area (Å²) in [7, 11) is 0. The Balaban J connectivity index is 1.37. The first-order valence-electron chi connectivity index (χ1n) is 16.3. The number of rotatable bonds is 6. The number of nitrogens with zero attached hydrogens (tertiary/aromatic N) is 6. The summed E-state index contributed by atoms with van der Waals surface area (Å²) in [6.07, 6.45) is 2.12. The average molecular weight is 721 g/mol. The Labute approximate surface area is 294 Å². The fourth-order valence-corrected chi connectivity index (χ4v) is 9.18. The van der Waals surface area contributed by atoms with Crippen LogP contribution in [0.15, 0.2) is 30.5 Å². The molecule has 15 heteroatoms. The number of alkyl halides is 1. The fourth-order valence-electron chi connectivity index (χ4n) is 7.91. The Bertz CT molecular complexity index is 2250. The number of anilines is 3. The van der Waals surface area contributed by atoms with Gasteiger partial charge in [-0.15, -0.1) is 11.3 Å². The van der Waals surface area contributed by atoms with E-state index in [-0.39, 0.29) is 72.6 Å². The molecule has 0 spiro atoms. The normalized spacial score (nSPS) is 22.4. The molecular weight excluding hydrogens is 689 g/mol. The first-order chi connectivity index (χ1) is 24.0. The highest BCUT2D eigenvalue weighted by atomic mass is 35.5. The van der Waals surface area contributed by atoms with Gasteiger partial charge in [0, 0.05) is 35.7 Å². The molecule has 0 unspecified atom stereocenters. The third-order valence-corrected chi connectivity index (χ3v) is 11.6. The van der Waals surface area contributed by atoms with E-state index in [1.165, 1.54) is 12.1 Å². The van der Waals surface area contributed by atoms with E-state index in [1.807, 2.05) is 30.9 Å². The second kappa shape index (κ2) is 12.0. The topological polar surface area (TPSA) is 139 Å². The van der Waals surface area contributed by atoms with Crippen molar-refractivity contribution in [1.29, 1.82) is 5.26 Å². The van der Waals surface area contributed by atoms with Gasteiger partial charge in [-0.25, -0.2) is 18.2 Å². The van der Waals surface area contributed by atoms with Gasteiger partial charge in [-0.3, -0.25) is 4.90 Å². The van der Waals surface area contributed by atoms with Gasteiger partial charge in [0.2, 0.25) is 0 Å². The maximum Gasteiger partial charge on any atom is 0.319 e. The van der Waals surface area contributed by atoms with Crippen LogP contribution in [-0.2, 0) is 0 Å². The highest BCUT2D eigenvalue weighted by Crippen LogP contribution is 2.52. The van der Waals surface area contributed by atoms with Crippen LogP contribution in [0, 0.1) is 23.0 Å². The third kappa shape index (κ3) is 4.97. The SMILES string of the molecule is C[C@H](c1cccnc1N)N1C[C@H](C)Oc2c(Cl)c(-c3ccc(F)c4sc(N)c(C#N)c34)c(F)c3nc(OC[C@@]45CCCN4C[C@H](F)C5)nc1c23. The number of halogens is 4. The summed E-state index contributed by atoms with van der Waals surface area (Å²) in [5.74, 6) is -0.711. The van der Waals surface area contributed by atoms with Crippen LogP contribution < -0.4 is 25.8 Å². The highest BCUT2D eigenvalue weighted by molar-refractivity contribution is 7.23. The molecule has 4 atom stereocenters. The zero-order valence-corrected chi connectivity index (χ0v) is 28.7. The summed E-state index contributed by atoms with van der Waals surface area (Å²) >= 11 is 8.00. The van der Waals surface area contributed by atoms with E-state index in [4.69, 9.17) is 37.5 Å². The molecule has 5 aromatic rings. The Morgan fingerprint density at radius 2 is 2.04 bits per heavy atom. The molecule has 50 heavy (non-hydrogen) atoms. The summed E-state index contributed by atoms with van der Waals surface area (Å²) in [5.41, 5.74) is 12.5. The molecule has 0 radical (unpaired) electrons. The van der Waals surface area contributed by atoms with Gasteiger partial charge in [0.05, 0.1) is 38.8 Å². The van der Waals surface area contributed by atoms with E-state index in [0.29, 0.717) is 30.2 Å². The number of nitrogen functional groups attached to an aromatic ring is 2. The third-order valence-electron chi connectivity index (χ3n) is 10.2. The van der Waals surface area contributed by atoms with Gasteiger partial charge >= 0.3 is 6.01 Å². The lowest BCUT2D eigenvalue weighted by Crippen LogP contribution is -2.43. The first-order valence-corrected chi connectivity index (χ1v) is 17.5. The lowest BCUT2D eigenvalue weighted by Gasteiger charge is -2.32. The summed E-state index contributed by atoms with van der Waals surface area (Å²) in [4.78, 5) is 17.8. The Hall–Kier alpha value is -4.58. The smallest absolute Gasteiger partial charge is 0.319 e. The molecule has 0 amide bonds. The van der Waals surface area contributed by atoms with Crippen LogP contribution in [0.2, 0.25) is 5.02 Å². The average Bonchev–Trinajstić information content (AvgIpc) is 3.71. The molecule has 2 aromatic carbocycles. The molecule has 6 heterocycles. The molecule has 3 aliphatic heterocycles. The van der Waals surface area contributed by atoms with Crippen LogP contribution in [0.25, 0.3) is 32.1 Å². The lowest BCUT2D eigenvalue weighted by atomic mass is 9.95. The molecule has 2 fully saturated rings. The molecule has 0 bridgehead atoms. The Kier molecular flexibility index (Phi) is 7.85. The van der Waals surface area contributed by atoms with Crippen molar-refractivity contribution in [3.63, 3.8) is 0 Å². The van der Waals surface area contributed by atoms with E-state index >= 15 is 8.78 Å². The maximum absolute atomic E-state index is 17.3. The largest absolute Gasteiger partial charge is 0.486 e. The minimum absolute atomic E-state index is 0.0137. The molecule has 3 aliphatic rings. The number of hydrogen-bond acceptors (Lipinski definition) is 11. The summed E-state index contributed by atoms with van der Waals surface area (Å²) in [6, 6.07) is 7.70. The molecule has 258 valence electrons. The van der Waals surface area contributed by atoms with Crippen molar-refractivity contribution < 1.29 is 22.6 Å². The van der Waals surface area contributed by atoms with Crippen molar-refractivity contribution in [1.82, 2.24) is 19.9 Å². The zero-order chi connectivity index (χ0) is 35.1. The first kappa shape index (κ1) is 32.6. The van der Waals surface area contributed by atoms with Crippen LogP contribution in [0.3, 0.4) is 0 Å². The molecule has 3 aromatic heterocycles. The van der Waals surface area contributed by atoms with Gasteiger partial charge in [-0.05, 0) is 50.9 Å².